The van der Waals surface area contributed by atoms with Crippen LogP contribution in [0.25, 0.3) is 17.1 Å². The van der Waals surface area contributed by atoms with Gasteiger partial charge in [0.05, 0.1) is 0 Å². The molecule has 0 amide bonds. The molecular weight excluding hydrogens is 389 g/mol. The summed E-state index contributed by atoms with van der Waals surface area (Å²) < 4.78 is 26.1. The summed E-state index contributed by atoms with van der Waals surface area (Å²) in [6, 6.07) is 22.2. The number of rotatable bonds is 5. The molecule has 2 heterocycles. The Hall–Kier alpha value is -3.32. The predicted molar refractivity (Wildman–Crippen MR) is 109 cm³/mol. The Morgan fingerprint density at radius 3 is 2.52 bits per heavy atom. The van der Waals surface area contributed by atoms with Crippen molar-refractivity contribution in [1.29, 1.82) is 0 Å². The van der Waals surface area contributed by atoms with Crippen molar-refractivity contribution in [3.05, 3.63) is 84.2 Å². The van der Waals surface area contributed by atoms with Crippen LogP contribution in [0.2, 0.25) is 0 Å². The van der Waals surface area contributed by atoms with Gasteiger partial charge in [0.2, 0.25) is 6.79 Å². The van der Waals surface area contributed by atoms with E-state index in [9.17, 15) is 4.39 Å². The summed E-state index contributed by atoms with van der Waals surface area (Å²) in [5.41, 5.74) is 2.87. The molecule has 3 aromatic carbocycles. The van der Waals surface area contributed by atoms with Gasteiger partial charge in [0.15, 0.2) is 22.5 Å². The molecule has 4 aromatic rings. The lowest BCUT2D eigenvalue weighted by atomic mass is 10.2. The molecule has 1 aliphatic rings. The topological polar surface area (TPSA) is 49.2 Å². The van der Waals surface area contributed by atoms with Crippen LogP contribution in [0, 0.1) is 5.82 Å². The van der Waals surface area contributed by atoms with E-state index < -0.39 is 0 Å². The lowest BCUT2D eigenvalue weighted by Crippen LogP contribution is -1.99. The first-order valence-corrected chi connectivity index (χ1v) is 10.0. The quantitative estimate of drug-likeness (QED) is 0.433. The third kappa shape index (κ3) is 3.56. The van der Waals surface area contributed by atoms with Gasteiger partial charge in [-0.1, -0.05) is 42.1 Å². The maximum atomic E-state index is 13.2. The van der Waals surface area contributed by atoms with Crippen LogP contribution in [-0.4, -0.2) is 21.6 Å². The first-order chi connectivity index (χ1) is 14.3. The van der Waals surface area contributed by atoms with E-state index in [4.69, 9.17) is 9.47 Å². The Bertz CT molecular complexity index is 1150. The highest BCUT2D eigenvalue weighted by Crippen LogP contribution is 2.37. The molecule has 29 heavy (non-hydrogen) atoms. The number of nitrogens with zero attached hydrogens (tertiary/aromatic N) is 3. The van der Waals surface area contributed by atoms with Crippen molar-refractivity contribution in [2.45, 2.75) is 10.9 Å². The zero-order chi connectivity index (χ0) is 19.6. The molecule has 0 radical (unpaired) electrons. The fraction of sp³-hybridized carbons (Fsp3) is 0.0909. The van der Waals surface area contributed by atoms with Gasteiger partial charge in [-0.25, -0.2) is 4.39 Å². The first-order valence-electron chi connectivity index (χ1n) is 9.06. The van der Waals surface area contributed by atoms with E-state index in [0.717, 1.165) is 33.5 Å². The van der Waals surface area contributed by atoms with Gasteiger partial charge in [0.1, 0.15) is 5.82 Å². The Labute approximate surface area is 171 Å². The van der Waals surface area contributed by atoms with E-state index in [1.807, 2.05) is 53.1 Å². The molecule has 0 saturated carbocycles. The minimum atomic E-state index is -0.240. The molecule has 0 aliphatic carbocycles. The highest BCUT2D eigenvalue weighted by atomic mass is 32.2. The third-order valence-electron chi connectivity index (χ3n) is 4.56. The predicted octanol–water partition coefficient (Wildman–Crippen LogP) is 5.09. The largest absolute Gasteiger partial charge is 0.454 e. The van der Waals surface area contributed by atoms with Gasteiger partial charge in [-0.2, -0.15) is 0 Å². The fourth-order valence-electron chi connectivity index (χ4n) is 3.12. The second-order valence-electron chi connectivity index (χ2n) is 6.46. The Morgan fingerprint density at radius 2 is 1.69 bits per heavy atom. The molecule has 144 valence electrons. The van der Waals surface area contributed by atoms with Crippen LogP contribution in [0.15, 0.2) is 78.0 Å². The van der Waals surface area contributed by atoms with E-state index in [0.29, 0.717) is 11.5 Å². The molecule has 0 unspecified atom stereocenters. The van der Waals surface area contributed by atoms with Gasteiger partial charge < -0.3 is 9.47 Å². The van der Waals surface area contributed by atoms with Crippen molar-refractivity contribution >= 4 is 11.8 Å². The van der Waals surface area contributed by atoms with E-state index in [1.165, 1.54) is 12.1 Å². The maximum absolute atomic E-state index is 13.2. The van der Waals surface area contributed by atoms with Crippen molar-refractivity contribution in [3.63, 3.8) is 0 Å². The molecule has 0 spiro atoms. The van der Waals surface area contributed by atoms with Crippen molar-refractivity contribution < 1.29 is 13.9 Å². The van der Waals surface area contributed by atoms with E-state index in [2.05, 4.69) is 10.2 Å². The maximum Gasteiger partial charge on any atom is 0.231 e. The SMILES string of the molecule is Fc1ccc(CSc2nnc(-c3ccc4c(c3)OCO4)n2-c2ccccc2)cc1. The Balaban J connectivity index is 1.53. The second kappa shape index (κ2) is 7.60. The molecular formula is C22H16FN3O2S. The lowest BCUT2D eigenvalue weighted by Gasteiger charge is -2.11. The molecule has 5 rings (SSSR count). The summed E-state index contributed by atoms with van der Waals surface area (Å²) in [4.78, 5) is 0. The van der Waals surface area contributed by atoms with Crippen LogP contribution < -0.4 is 9.47 Å². The number of benzene rings is 3. The average molecular weight is 405 g/mol. The average Bonchev–Trinajstić information content (AvgIpc) is 3.40. The minimum absolute atomic E-state index is 0.225. The van der Waals surface area contributed by atoms with Crippen LogP contribution >= 0.6 is 11.8 Å². The first kappa shape index (κ1) is 17.8. The second-order valence-corrected chi connectivity index (χ2v) is 7.40. The van der Waals surface area contributed by atoms with Crippen LogP contribution in [0.1, 0.15) is 5.56 Å². The van der Waals surface area contributed by atoms with Gasteiger partial charge in [0.25, 0.3) is 0 Å². The summed E-state index contributed by atoms with van der Waals surface area (Å²) in [6.45, 7) is 0.225. The van der Waals surface area contributed by atoms with Crippen molar-refractivity contribution in [3.8, 4) is 28.6 Å². The molecule has 0 fully saturated rings. The standard InChI is InChI=1S/C22H16FN3O2S/c23-17-9-6-15(7-10-17)13-29-22-25-24-21(26(22)18-4-2-1-3-5-18)16-8-11-19-20(12-16)28-14-27-19/h1-12H,13-14H2. The summed E-state index contributed by atoms with van der Waals surface area (Å²) in [7, 11) is 0. The highest BCUT2D eigenvalue weighted by Gasteiger charge is 2.20. The molecule has 0 N–H and O–H groups in total. The number of hydrogen-bond acceptors (Lipinski definition) is 5. The van der Waals surface area contributed by atoms with Gasteiger partial charge in [-0.05, 0) is 48.0 Å². The number of aromatic nitrogens is 3. The smallest absolute Gasteiger partial charge is 0.231 e. The molecule has 0 bridgehead atoms. The number of ether oxygens (including phenoxy) is 2. The zero-order valence-electron chi connectivity index (χ0n) is 15.3. The van der Waals surface area contributed by atoms with Gasteiger partial charge in [0, 0.05) is 17.0 Å². The molecule has 0 saturated heterocycles. The number of hydrogen-bond donors (Lipinski definition) is 0. The molecule has 1 aromatic heterocycles. The fourth-order valence-corrected chi connectivity index (χ4v) is 4.03. The van der Waals surface area contributed by atoms with Crippen LogP contribution in [0.5, 0.6) is 11.5 Å². The summed E-state index contributed by atoms with van der Waals surface area (Å²) in [5, 5.41) is 9.63. The van der Waals surface area contributed by atoms with Gasteiger partial charge in [-0.3, -0.25) is 4.57 Å². The minimum Gasteiger partial charge on any atom is -0.454 e. The lowest BCUT2D eigenvalue weighted by molar-refractivity contribution is 0.174. The highest BCUT2D eigenvalue weighted by molar-refractivity contribution is 7.98. The van der Waals surface area contributed by atoms with Crippen molar-refractivity contribution in [2.24, 2.45) is 0 Å². The zero-order valence-corrected chi connectivity index (χ0v) is 16.1. The number of para-hydroxylation sites is 1. The third-order valence-corrected chi connectivity index (χ3v) is 5.56. The van der Waals surface area contributed by atoms with Crippen molar-refractivity contribution in [2.75, 3.05) is 6.79 Å². The Morgan fingerprint density at radius 1 is 0.897 bits per heavy atom. The molecule has 7 heteroatoms. The van der Waals surface area contributed by atoms with Gasteiger partial charge in [-0.15, -0.1) is 10.2 Å². The summed E-state index contributed by atoms with van der Waals surface area (Å²) >= 11 is 1.55. The molecule has 1 aliphatic heterocycles. The van der Waals surface area contributed by atoms with Crippen molar-refractivity contribution in [1.82, 2.24) is 14.8 Å². The summed E-state index contributed by atoms with van der Waals surface area (Å²) in [5.74, 6) is 2.57. The molecule has 5 nitrogen and oxygen atoms in total. The number of halogens is 1. The van der Waals surface area contributed by atoms with Gasteiger partial charge >= 0.3 is 0 Å². The summed E-state index contributed by atoms with van der Waals surface area (Å²) in [6.07, 6.45) is 0. The van der Waals surface area contributed by atoms with Crippen LogP contribution in [0.4, 0.5) is 4.39 Å². The normalized spacial score (nSPS) is 12.3. The van der Waals surface area contributed by atoms with E-state index >= 15 is 0 Å². The Kier molecular flexibility index (Phi) is 4.65. The van der Waals surface area contributed by atoms with E-state index in [1.54, 1.807) is 23.9 Å². The van der Waals surface area contributed by atoms with Crippen LogP contribution in [-0.2, 0) is 5.75 Å². The number of fused-ring (bicyclic) bond motifs is 1. The van der Waals surface area contributed by atoms with Crippen LogP contribution in [0.3, 0.4) is 0 Å². The molecule has 0 atom stereocenters. The monoisotopic (exact) mass is 405 g/mol. The van der Waals surface area contributed by atoms with E-state index in [-0.39, 0.29) is 12.6 Å². The number of thioether (sulfide) groups is 1.